The number of halogens is 3. The zero-order valence-corrected chi connectivity index (χ0v) is 11.8. The van der Waals surface area contributed by atoms with Gasteiger partial charge in [-0.05, 0) is 0 Å². The van der Waals surface area contributed by atoms with Crippen LogP contribution in [0.25, 0.3) is 0 Å². The van der Waals surface area contributed by atoms with Gasteiger partial charge in [-0.15, -0.1) is 0 Å². The van der Waals surface area contributed by atoms with Crippen molar-refractivity contribution < 1.29 is 26.7 Å². The van der Waals surface area contributed by atoms with Crippen molar-refractivity contribution in [1.29, 1.82) is 0 Å². The van der Waals surface area contributed by atoms with E-state index in [2.05, 4.69) is 4.74 Å². The molecule has 1 heterocycles. The van der Waals surface area contributed by atoms with E-state index in [1.54, 1.807) is 0 Å². The second kappa shape index (κ2) is 5.17. The molecule has 1 aliphatic heterocycles. The van der Waals surface area contributed by atoms with Crippen LogP contribution in [0.15, 0.2) is 12.1 Å². The van der Waals surface area contributed by atoms with Gasteiger partial charge in [0.15, 0.2) is 17.4 Å². The smallest absolute Gasteiger partial charge is 0.237 e. The summed E-state index contributed by atoms with van der Waals surface area (Å²) in [5, 5.41) is -1.09. The summed E-state index contributed by atoms with van der Waals surface area (Å²) in [6, 6.07) is 1.81. The van der Waals surface area contributed by atoms with E-state index in [-0.39, 0.29) is 18.7 Å². The molecule has 5 nitrogen and oxygen atoms in total. The molecule has 0 aliphatic carbocycles. The first kappa shape index (κ1) is 15.0. The molecule has 1 aromatic rings. The number of hydrogen-bond donors (Lipinski definition) is 0. The normalized spacial score (nSPS) is 19.5. The molecule has 0 bridgehead atoms. The van der Waals surface area contributed by atoms with Gasteiger partial charge in [-0.2, -0.15) is 0 Å². The van der Waals surface area contributed by atoms with E-state index in [4.69, 9.17) is 10.7 Å². The third-order valence-electron chi connectivity index (χ3n) is 2.99. The van der Waals surface area contributed by atoms with Crippen LogP contribution in [0.4, 0.5) is 14.5 Å². The highest BCUT2D eigenvalue weighted by atomic mass is 35.7. The van der Waals surface area contributed by atoms with E-state index >= 15 is 0 Å². The number of carbonyl (C=O) groups excluding carboxylic acids is 1. The Kier molecular flexibility index (Phi) is 3.88. The Labute approximate surface area is 118 Å². The quantitative estimate of drug-likeness (QED) is 0.793. The third kappa shape index (κ3) is 2.71. The van der Waals surface area contributed by atoms with Gasteiger partial charge in [0, 0.05) is 41.5 Å². The lowest BCUT2D eigenvalue weighted by Crippen LogP contribution is -2.27. The molecular formula is C11H10ClF2NO4S. The fourth-order valence-electron chi connectivity index (χ4n) is 2.01. The van der Waals surface area contributed by atoms with Crippen LogP contribution in [0, 0.1) is 11.6 Å². The third-order valence-corrected chi connectivity index (χ3v) is 4.85. The molecule has 2 rings (SSSR count). The number of nitrogens with zero attached hydrogens (tertiary/aromatic N) is 1. The minimum absolute atomic E-state index is 0.0754. The summed E-state index contributed by atoms with van der Waals surface area (Å²) >= 11 is 0. The predicted octanol–water partition coefficient (Wildman–Crippen LogP) is 1.65. The Morgan fingerprint density at radius 2 is 1.90 bits per heavy atom. The average Bonchev–Trinajstić information content (AvgIpc) is 2.70. The molecular weight excluding hydrogens is 316 g/mol. The van der Waals surface area contributed by atoms with Crippen LogP contribution in [0.1, 0.15) is 6.42 Å². The Morgan fingerprint density at radius 3 is 2.30 bits per heavy atom. The molecule has 1 aliphatic rings. The van der Waals surface area contributed by atoms with E-state index in [0.717, 1.165) is 24.1 Å². The first-order chi connectivity index (χ1) is 9.24. The summed E-state index contributed by atoms with van der Waals surface area (Å²) in [4.78, 5) is 12.7. The predicted molar refractivity (Wildman–Crippen MR) is 68.4 cm³/mol. The molecule has 1 fully saturated rings. The van der Waals surface area contributed by atoms with Gasteiger partial charge in [-0.3, -0.25) is 4.79 Å². The number of benzene rings is 1. The van der Waals surface area contributed by atoms with Crippen molar-refractivity contribution in [2.45, 2.75) is 11.7 Å². The van der Waals surface area contributed by atoms with Crippen LogP contribution < -0.4 is 9.64 Å². The highest BCUT2D eigenvalue weighted by Gasteiger charge is 2.38. The SMILES string of the molecule is COc1c(F)cc(N2CC(S(=O)(=O)Cl)CC2=O)cc1F. The van der Waals surface area contributed by atoms with Crippen LogP contribution >= 0.6 is 10.7 Å². The molecule has 1 atom stereocenters. The van der Waals surface area contributed by atoms with Crippen LogP contribution in [-0.2, 0) is 13.8 Å². The zero-order chi connectivity index (χ0) is 15.1. The molecule has 9 heteroatoms. The van der Waals surface area contributed by atoms with E-state index < -0.39 is 37.6 Å². The van der Waals surface area contributed by atoms with Crippen molar-refractivity contribution in [2.24, 2.45) is 0 Å². The summed E-state index contributed by atoms with van der Waals surface area (Å²) < 4.78 is 54.1. The summed E-state index contributed by atoms with van der Waals surface area (Å²) in [5.41, 5.74) is -0.0754. The molecule has 0 aromatic heterocycles. The maximum absolute atomic E-state index is 13.6. The molecule has 0 spiro atoms. The molecule has 0 saturated carbocycles. The van der Waals surface area contributed by atoms with Gasteiger partial charge in [-0.1, -0.05) is 0 Å². The minimum atomic E-state index is -3.91. The van der Waals surface area contributed by atoms with Crippen molar-refractivity contribution >= 4 is 31.3 Å². The second-order valence-electron chi connectivity index (χ2n) is 4.25. The number of methoxy groups -OCH3 is 1. The maximum Gasteiger partial charge on any atom is 0.237 e. The Bertz CT molecular complexity index is 641. The molecule has 0 N–H and O–H groups in total. The molecule has 20 heavy (non-hydrogen) atoms. The van der Waals surface area contributed by atoms with Gasteiger partial charge in [0.2, 0.25) is 15.0 Å². The average molecular weight is 326 g/mol. The van der Waals surface area contributed by atoms with Crippen molar-refractivity contribution in [3.63, 3.8) is 0 Å². The summed E-state index contributed by atoms with van der Waals surface area (Å²) in [6.45, 7) is -0.240. The van der Waals surface area contributed by atoms with Gasteiger partial charge in [0.05, 0.1) is 7.11 Å². The van der Waals surface area contributed by atoms with Gasteiger partial charge in [-0.25, -0.2) is 17.2 Å². The molecule has 1 amide bonds. The van der Waals surface area contributed by atoms with E-state index in [1.807, 2.05) is 0 Å². The van der Waals surface area contributed by atoms with Crippen molar-refractivity contribution in [3.8, 4) is 5.75 Å². The molecule has 110 valence electrons. The highest BCUT2D eigenvalue weighted by Crippen LogP contribution is 2.31. The molecule has 1 unspecified atom stereocenters. The highest BCUT2D eigenvalue weighted by molar-refractivity contribution is 8.14. The van der Waals surface area contributed by atoms with E-state index in [1.165, 1.54) is 0 Å². The van der Waals surface area contributed by atoms with Crippen molar-refractivity contribution in [3.05, 3.63) is 23.8 Å². The van der Waals surface area contributed by atoms with Crippen molar-refractivity contribution in [1.82, 2.24) is 0 Å². The topological polar surface area (TPSA) is 63.7 Å². The number of anilines is 1. The van der Waals surface area contributed by atoms with E-state index in [9.17, 15) is 22.0 Å². The summed E-state index contributed by atoms with van der Waals surface area (Å²) in [7, 11) is 2.39. The first-order valence-corrected chi connectivity index (χ1v) is 7.88. The fraction of sp³-hybridized carbons (Fsp3) is 0.364. The summed E-state index contributed by atoms with van der Waals surface area (Å²) in [6.07, 6.45) is -0.318. The zero-order valence-electron chi connectivity index (χ0n) is 10.3. The van der Waals surface area contributed by atoms with Crippen LogP contribution in [0.5, 0.6) is 5.75 Å². The first-order valence-electron chi connectivity index (χ1n) is 5.51. The monoisotopic (exact) mass is 325 g/mol. The van der Waals surface area contributed by atoms with Gasteiger partial charge in [0.25, 0.3) is 0 Å². The van der Waals surface area contributed by atoms with Gasteiger partial charge in [0.1, 0.15) is 5.25 Å². The summed E-state index contributed by atoms with van der Waals surface area (Å²) in [5.74, 6) is -3.09. The number of hydrogen-bond acceptors (Lipinski definition) is 4. The van der Waals surface area contributed by atoms with Crippen LogP contribution in [0.3, 0.4) is 0 Å². The van der Waals surface area contributed by atoms with Crippen LogP contribution in [-0.4, -0.2) is 33.2 Å². The molecule has 1 saturated heterocycles. The number of carbonyl (C=O) groups is 1. The Hall–Kier alpha value is -1.41. The van der Waals surface area contributed by atoms with Crippen LogP contribution in [0.2, 0.25) is 0 Å². The number of ether oxygens (including phenoxy) is 1. The largest absolute Gasteiger partial charge is 0.491 e. The lowest BCUT2D eigenvalue weighted by Gasteiger charge is -2.17. The second-order valence-corrected chi connectivity index (χ2v) is 7.16. The minimum Gasteiger partial charge on any atom is -0.491 e. The number of rotatable bonds is 3. The molecule has 0 radical (unpaired) electrons. The van der Waals surface area contributed by atoms with Crippen molar-refractivity contribution in [2.75, 3.05) is 18.6 Å². The molecule has 1 aromatic carbocycles. The number of amides is 1. The lowest BCUT2D eigenvalue weighted by molar-refractivity contribution is -0.117. The Morgan fingerprint density at radius 1 is 1.35 bits per heavy atom. The van der Waals surface area contributed by atoms with Gasteiger partial charge < -0.3 is 9.64 Å². The Balaban J connectivity index is 2.36. The fourth-order valence-corrected chi connectivity index (χ4v) is 3.04. The maximum atomic E-state index is 13.6. The van der Waals surface area contributed by atoms with Gasteiger partial charge >= 0.3 is 0 Å². The lowest BCUT2D eigenvalue weighted by atomic mass is 10.2. The van der Waals surface area contributed by atoms with E-state index in [0.29, 0.717) is 0 Å². The standard InChI is InChI=1S/C11H10ClF2NO4S/c1-19-11-8(13)2-6(3-9(11)14)15-5-7(4-10(15)16)20(12,17)18/h2-3,7H,4-5H2,1H3.